The maximum absolute atomic E-state index is 10.9. The zero-order valence-corrected chi connectivity index (χ0v) is 9.32. The third kappa shape index (κ3) is 2.87. The summed E-state index contributed by atoms with van der Waals surface area (Å²) in [4.78, 5) is 10.9. The van der Waals surface area contributed by atoms with Gasteiger partial charge in [0.25, 0.3) is 0 Å². The van der Waals surface area contributed by atoms with Crippen molar-refractivity contribution in [2.24, 2.45) is 0 Å². The molecule has 5 heteroatoms. The number of carbonyl (C=O) groups is 1. The first-order valence-corrected chi connectivity index (χ1v) is 4.80. The number of methoxy groups -OCH3 is 2. The molecule has 0 aliphatic rings. The molecule has 88 valence electrons. The SMILES string of the molecule is COc1cccc(CNC(=O)CO)c1OC. The molecule has 1 aromatic rings. The molecule has 16 heavy (non-hydrogen) atoms. The van der Waals surface area contributed by atoms with Crippen molar-refractivity contribution in [1.82, 2.24) is 5.32 Å². The van der Waals surface area contributed by atoms with Gasteiger partial charge < -0.3 is 19.9 Å². The summed E-state index contributed by atoms with van der Waals surface area (Å²) in [6.07, 6.45) is 0. The molecule has 5 nitrogen and oxygen atoms in total. The second-order valence-electron chi connectivity index (χ2n) is 3.09. The lowest BCUT2D eigenvalue weighted by Crippen LogP contribution is -2.25. The Balaban J connectivity index is 2.82. The number of rotatable bonds is 5. The molecule has 0 aromatic heterocycles. The van der Waals surface area contributed by atoms with Crippen LogP contribution in [0.3, 0.4) is 0 Å². The molecule has 1 amide bonds. The lowest BCUT2D eigenvalue weighted by molar-refractivity contribution is -0.123. The van der Waals surface area contributed by atoms with E-state index in [1.807, 2.05) is 12.1 Å². The minimum Gasteiger partial charge on any atom is -0.493 e. The molecule has 0 atom stereocenters. The lowest BCUT2D eigenvalue weighted by Gasteiger charge is -2.12. The van der Waals surface area contributed by atoms with Crippen LogP contribution in [0.1, 0.15) is 5.56 Å². The number of ether oxygens (including phenoxy) is 2. The quantitative estimate of drug-likeness (QED) is 0.757. The molecule has 1 rings (SSSR count). The molecule has 0 aliphatic carbocycles. The van der Waals surface area contributed by atoms with Crippen molar-refractivity contribution < 1.29 is 19.4 Å². The Labute approximate surface area is 94.0 Å². The molecule has 0 aliphatic heterocycles. The average molecular weight is 225 g/mol. The van der Waals surface area contributed by atoms with E-state index >= 15 is 0 Å². The van der Waals surface area contributed by atoms with E-state index in [0.29, 0.717) is 18.0 Å². The second-order valence-corrected chi connectivity index (χ2v) is 3.09. The van der Waals surface area contributed by atoms with Crippen LogP contribution in [0.25, 0.3) is 0 Å². The predicted octanol–water partition coefficient (Wildman–Crippen LogP) is 0.312. The van der Waals surface area contributed by atoms with Crippen LogP contribution in [0.4, 0.5) is 0 Å². The summed E-state index contributed by atoms with van der Waals surface area (Å²) in [5.74, 6) is 0.770. The Hall–Kier alpha value is -1.75. The molecule has 0 fully saturated rings. The smallest absolute Gasteiger partial charge is 0.245 e. The van der Waals surface area contributed by atoms with Gasteiger partial charge in [-0.25, -0.2) is 0 Å². The number of para-hydroxylation sites is 1. The summed E-state index contributed by atoms with van der Waals surface area (Å²) in [5, 5.41) is 11.1. The Morgan fingerprint density at radius 3 is 2.69 bits per heavy atom. The Kier molecular flexibility index (Phi) is 4.60. The predicted molar refractivity (Wildman–Crippen MR) is 58.5 cm³/mol. The van der Waals surface area contributed by atoms with Crippen molar-refractivity contribution in [3.8, 4) is 11.5 Å². The van der Waals surface area contributed by atoms with Crippen molar-refractivity contribution in [3.05, 3.63) is 23.8 Å². The fourth-order valence-corrected chi connectivity index (χ4v) is 1.34. The van der Waals surface area contributed by atoms with Crippen LogP contribution < -0.4 is 14.8 Å². The minimum atomic E-state index is -0.522. The van der Waals surface area contributed by atoms with Gasteiger partial charge in [0.15, 0.2) is 11.5 Å². The van der Waals surface area contributed by atoms with Gasteiger partial charge >= 0.3 is 0 Å². The highest BCUT2D eigenvalue weighted by Crippen LogP contribution is 2.30. The summed E-state index contributed by atoms with van der Waals surface area (Å²) in [7, 11) is 3.09. The first-order valence-electron chi connectivity index (χ1n) is 4.80. The maximum atomic E-state index is 10.9. The van der Waals surface area contributed by atoms with Gasteiger partial charge in [-0.3, -0.25) is 4.79 Å². The highest BCUT2D eigenvalue weighted by molar-refractivity contribution is 5.76. The van der Waals surface area contributed by atoms with Gasteiger partial charge in [0.2, 0.25) is 5.91 Å². The van der Waals surface area contributed by atoms with Crippen LogP contribution in [-0.2, 0) is 11.3 Å². The van der Waals surface area contributed by atoms with Crippen molar-refractivity contribution in [1.29, 1.82) is 0 Å². The van der Waals surface area contributed by atoms with Gasteiger partial charge in [-0.05, 0) is 6.07 Å². The fourth-order valence-electron chi connectivity index (χ4n) is 1.34. The minimum absolute atomic E-state index is 0.291. The zero-order chi connectivity index (χ0) is 12.0. The highest BCUT2D eigenvalue weighted by atomic mass is 16.5. The summed E-state index contributed by atoms with van der Waals surface area (Å²) in [6, 6.07) is 5.40. The van der Waals surface area contributed by atoms with E-state index in [4.69, 9.17) is 14.6 Å². The molecule has 0 radical (unpaired) electrons. The normalized spacial score (nSPS) is 9.69. The Morgan fingerprint density at radius 2 is 2.12 bits per heavy atom. The summed E-state index contributed by atoms with van der Waals surface area (Å²) < 4.78 is 10.3. The van der Waals surface area contributed by atoms with Gasteiger partial charge in [0.05, 0.1) is 14.2 Å². The van der Waals surface area contributed by atoms with Gasteiger partial charge in [-0.2, -0.15) is 0 Å². The molecule has 0 bridgehead atoms. The van der Waals surface area contributed by atoms with E-state index in [0.717, 1.165) is 5.56 Å². The molecule has 0 heterocycles. The van der Waals surface area contributed by atoms with Crippen LogP contribution in [0.2, 0.25) is 0 Å². The molecular formula is C11H15NO4. The molecular weight excluding hydrogens is 210 g/mol. The number of carbonyl (C=O) groups excluding carboxylic acids is 1. The first-order chi connectivity index (χ1) is 7.72. The van der Waals surface area contributed by atoms with Crippen LogP contribution in [0, 0.1) is 0 Å². The van der Waals surface area contributed by atoms with Gasteiger partial charge in [-0.15, -0.1) is 0 Å². The van der Waals surface area contributed by atoms with E-state index in [-0.39, 0.29) is 0 Å². The molecule has 0 unspecified atom stereocenters. The van der Waals surface area contributed by atoms with E-state index < -0.39 is 12.5 Å². The summed E-state index contributed by atoms with van der Waals surface area (Å²) in [6.45, 7) is -0.230. The average Bonchev–Trinajstić information content (AvgIpc) is 2.34. The zero-order valence-electron chi connectivity index (χ0n) is 9.32. The van der Waals surface area contributed by atoms with Crippen LogP contribution >= 0.6 is 0 Å². The number of hydrogen-bond acceptors (Lipinski definition) is 4. The van der Waals surface area contributed by atoms with E-state index in [2.05, 4.69) is 5.32 Å². The van der Waals surface area contributed by atoms with E-state index in [1.165, 1.54) is 7.11 Å². The molecule has 0 spiro atoms. The number of amides is 1. The van der Waals surface area contributed by atoms with Crippen LogP contribution in [0.5, 0.6) is 11.5 Å². The largest absolute Gasteiger partial charge is 0.493 e. The molecule has 0 saturated heterocycles. The van der Waals surface area contributed by atoms with E-state index in [1.54, 1.807) is 13.2 Å². The second kappa shape index (κ2) is 5.97. The Bertz CT molecular complexity index is 365. The van der Waals surface area contributed by atoms with Crippen molar-refractivity contribution >= 4 is 5.91 Å². The third-order valence-corrected chi connectivity index (χ3v) is 2.10. The number of hydrogen-bond donors (Lipinski definition) is 2. The number of nitrogens with one attached hydrogen (secondary N) is 1. The van der Waals surface area contributed by atoms with Crippen molar-refractivity contribution in [3.63, 3.8) is 0 Å². The highest BCUT2D eigenvalue weighted by Gasteiger charge is 2.09. The van der Waals surface area contributed by atoms with Crippen molar-refractivity contribution in [2.75, 3.05) is 20.8 Å². The molecule has 0 saturated carbocycles. The summed E-state index contributed by atoms with van der Waals surface area (Å²) in [5.41, 5.74) is 0.795. The maximum Gasteiger partial charge on any atom is 0.245 e. The monoisotopic (exact) mass is 225 g/mol. The third-order valence-electron chi connectivity index (χ3n) is 2.10. The molecule has 2 N–H and O–H groups in total. The van der Waals surface area contributed by atoms with Gasteiger partial charge in [0.1, 0.15) is 6.61 Å². The molecule has 1 aromatic carbocycles. The first kappa shape index (κ1) is 12.3. The van der Waals surface area contributed by atoms with E-state index in [9.17, 15) is 4.79 Å². The Morgan fingerprint density at radius 1 is 1.38 bits per heavy atom. The van der Waals surface area contributed by atoms with Crippen LogP contribution in [0.15, 0.2) is 18.2 Å². The lowest BCUT2D eigenvalue weighted by atomic mass is 10.2. The van der Waals surface area contributed by atoms with Gasteiger partial charge in [-0.1, -0.05) is 12.1 Å². The van der Waals surface area contributed by atoms with Gasteiger partial charge in [0, 0.05) is 12.1 Å². The van der Waals surface area contributed by atoms with Crippen LogP contribution in [-0.4, -0.2) is 31.8 Å². The fraction of sp³-hybridized carbons (Fsp3) is 0.364. The standard InChI is InChI=1S/C11H15NO4/c1-15-9-5-3-4-8(11(9)16-2)6-12-10(14)7-13/h3-5,13H,6-7H2,1-2H3,(H,12,14). The van der Waals surface area contributed by atoms with Crippen molar-refractivity contribution in [2.45, 2.75) is 6.54 Å². The summed E-state index contributed by atoms with van der Waals surface area (Å²) >= 11 is 0. The number of aliphatic hydroxyl groups is 1. The topological polar surface area (TPSA) is 67.8 Å². The number of aliphatic hydroxyl groups excluding tert-OH is 1. The number of benzene rings is 1.